The molecular formula is C14H29NO2. The van der Waals surface area contributed by atoms with E-state index in [0.717, 1.165) is 32.8 Å². The van der Waals surface area contributed by atoms with E-state index in [1.807, 2.05) is 6.92 Å². The van der Waals surface area contributed by atoms with Crippen molar-refractivity contribution in [1.82, 2.24) is 5.32 Å². The standard InChI is InChI=1S/C14H29NO2/c1-5-16-11-12-17-14(7-6-8-14)9-10-15-13(2,3)4/h15H,5-12H2,1-4H3. The zero-order chi connectivity index (χ0) is 12.8. The predicted molar refractivity (Wildman–Crippen MR) is 71.4 cm³/mol. The van der Waals surface area contributed by atoms with Gasteiger partial charge in [0, 0.05) is 12.1 Å². The normalized spacial score (nSPS) is 19.1. The molecule has 0 amide bonds. The summed E-state index contributed by atoms with van der Waals surface area (Å²) in [5.41, 5.74) is 0.353. The lowest BCUT2D eigenvalue weighted by Crippen LogP contribution is -2.46. The van der Waals surface area contributed by atoms with Gasteiger partial charge in [0.15, 0.2) is 0 Å². The molecule has 3 nitrogen and oxygen atoms in total. The molecule has 1 N–H and O–H groups in total. The average Bonchev–Trinajstić information content (AvgIpc) is 2.17. The second-order valence-electron chi connectivity index (χ2n) is 6.01. The van der Waals surface area contributed by atoms with Gasteiger partial charge in [0.05, 0.1) is 18.8 Å². The number of rotatable bonds is 8. The van der Waals surface area contributed by atoms with Crippen LogP contribution >= 0.6 is 0 Å². The average molecular weight is 243 g/mol. The van der Waals surface area contributed by atoms with Gasteiger partial charge in [-0.15, -0.1) is 0 Å². The highest BCUT2D eigenvalue weighted by atomic mass is 16.5. The van der Waals surface area contributed by atoms with Gasteiger partial charge >= 0.3 is 0 Å². The molecule has 17 heavy (non-hydrogen) atoms. The van der Waals surface area contributed by atoms with E-state index in [1.54, 1.807) is 0 Å². The number of ether oxygens (including phenoxy) is 2. The van der Waals surface area contributed by atoms with E-state index in [1.165, 1.54) is 19.3 Å². The molecule has 3 heteroatoms. The van der Waals surface area contributed by atoms with Crippen molar-refractivity contribution < 1.29 is 9.47 Å². The molecule has 1 rings (SSSR count). The summed E-state index contributed by atoms with van der Waals surface area (Å²) in [5.74, 6) is 0. The molecule has 1 saturated carbocycles. The maximum absolute atomic E-state index is 6.02. The fourth-order valence-corrected chi connectivity index (χ4v) is 2.16. The van der Waals surface area contributed by atoms with Crippen LogP contribution in [0.25, 0.3) is 0 Å². The molecule has 0 aromatic heterocycles. The lowest BCUT2D eigenvalue weighted by molar-refractivity contribution is -0.117. The summed E-state index contributed by atoms with van der Waals surface area (Å²) in [6, 6.07) is 0. The molecule has 1 aliphatic rings. The summed E-state index contributed by atoms with van der Waals surface area (Å²) >= 11 is 0. The van der Waals surface area contributed by atoms with Crippen LogP contribution in [0.3, 0.4) is 0 Å². The van der Waals surface area contributed by atoms with Crippen LogP contribution in [0.2, 0.25) is 0 Å². The first-order valence-corrected chi connectivity index (χ1v) is 6.94. The largest absolute Gasteiger partial charge is 0.379 e. The highest BCUT2D eigenvalue weighted by Crippen LogP contribution is 2.38. The van der Waals surface area contributed by atoms with Crippen LogP contribution in [0.5, 0.6) is 0 Å². The van der Waals surface area contributed by atoms with Crippen LogP contribution in [0.15, 0.2) is 0 Å². The van der Waals surface area contributed by atoms with Crippen molar-refractivity contribution in [2.24, 2.45) is 0 Å². The number of nitrogens with one attached hydrogen (secondary N) is 1. The van der Waals surface area contributed by atoms with Gasteiger partial charge in [-0.05, 0) is 59.9 Å². The molecule has 0 spiro atoms. The van der Waals surface area contributed by atoms with Gasteiger partial charge in [0.2, 0.25) is 0 Å². The van der Waals surface area contributed by atoms with Gasteiger partial charge in [-0.1, -0.05) is 0 Å². The smallest absolute Gasteiger partial charge is 0.0708 e. The minimum absolute atomic E-state index is 0.148. The Hall–Kier alpha value is -0.120. The molecule has 1 aliphatic carbocycles. The fraction of sp³-hybridized carbons (Fsp3) is 1.00. The van der Waals surface area contributed by atoms with Gasteiger partial charge in [0.1, 0.15) is 0 Å². The summed E-state index contributed by atoms with van der Waals surface area (Å²) in [6.45, 7) is 11.9. The molecule has 0 heterocycles. The molecule has 0 aromatic carbocycles. The van der Waals surface area contributed by atoms with Gasteiger partial charge < -0.3 is 14.8 Å². The summed E-state index contributed by atoms with van der Waals surface area (Å²) in [7, 11) is 0. The van der Waals surface area contributed by atoms with Crippen LogP contribution in [-0.4, -0.2) is 37.5 Å². The monoisotopic (exact) mass is 243 g/mol. The van der Waals surface area contributed by atoms with Crippen LogP contribution in [-0.2, 0) is 9.47 Å². The van der Waals surface area contributed by atoms with Crippen molar-refractivity contribution in [1.29, 1.82) is 0 Å². The Morgan fingerprint density at radius 2 is 1.88 bits per heavy atom. The van der Waals surface area contributed by atoms with E-state index in [2.05, 4.69) is 26.1 Å². The van der Waals surface area contributed by atoms with E-state index >= 15 is 0 Å². The van der Waals surface area contributed by atoms with Gasteiger partial charge in [0.25, 0.3) is 0 Å². The Balaban J connectivity index is 2.17. The first kappa shape index (κ1) is 14.9. The SMILES string of the molecule is CCOCCOC1(CCNC(C)(C)C)CCC1. The maximum atomic E-state index is 6.02. The maximum Gasteiger partial charge on any atom is 0.0708 e. The second kappa shape index (κ2) is 6.72. The quantitative estimate of drug-likeness (QED) is 0.665. The third-order valence-electron chi connectivity index (χ3n) is 3.34. The van der Waals surface area contributed by atoms with Crippen molar-refractivity contribution in [2.75, 3.05) is 26.4 Å². The molecular weight excluding hydrogens is 214 g/mol. The zero-order valence-corrected chi connectivity index (χ0v) is 12.0. The third kappa shape index (κ3) is 5.84. The highest BCUT2D eigenvalue weighted by molar-refractivity contribution is 4.91. The Morgan fingerprint density at radius 1 is 1.18 bits per heavy atom. The molecule has 0 atom stereocenters. The number of hydrogen-bond donors (Lipinski definition) is 1. The minimum atomic E-state index is 0.148. The molecule has 0 aromatic rings. The van der Waals surface area contributed by atoms with Crippen molar-refractivity contribution in [2.45, 2.75) is 64.5 Å². The van der Waals surface area contributed by atoms with Gasteiger partial charge in [-0.3, -0.25) is 0 Å². The molecule has 0 bridgehead atoms. The minimum Gasteiger partial charge on any atom is -0.379 e. The Kier molecular flexibility index (Phi) is 5.90. The Bertz CT molecular complexity index is 207. The van der Waals surface area contributed by atoms with Crippen LogP contribution in [0.1, 0.15) is 53.4 Å². The Labute approximate surface area is 106 Å². The van der Waals surface area contributed by atoms with E-state index in [4.69, 9.17) is 9.47 Å². The van der Waals surface area contributed by atoms with E-state index in [0.29, 0.717) is 0 Å². The van der Waals surface area contributed by atoms with Crippen molar-refractivity contribution >= 4 is 0 Å². The molecule has 1 fully saturated rings. The summed E-state index contributed by atoms with van der Waals surface area (Å²) in [5, 5.41) is 3.54. The summed E-state index contributed by atoms with van der Waals surface area (Å²) in [6.07, 6.45) is 4.86. The van der Waals surface area contributed by atoms with E-state index in [-0.39, 0.29) is 11.1 Å². The summed E-state index contributed by atoms with van der Waals surface area (Å²) in [4.78, 5) is 0. The van der Waals surface area contributed by atoms with Crippen molar-refractivity contribution in [3.63, 3.8) is 0 Å². The molecule has 0 aliphatic heterocycles. The topological polar surface area (TPSA) is 30.5 Å². The molecule has 0 radical (unpaired) electrons. The second-order valence-corrected chi connectivity index (χ2v) is 6.01. The molecule has 102 valence electrons. The third-order valence-corrected chi connectivity index (χ3v) is 3.34. The lowest BCUT2D eigenvalue weighted by atomic mass is 9.77. The van der Waals surface area contributed by atoms with Crippen molar-refractivity contribution in [3.8, 4) is 0 Å². The van der Waals surface area contributed by atoms with Gasteiger partial charge in [-0.25, -0.2) is 0 Å². The predicted octanol–water partition coefficient (Wildman–Crippen LogP) is 2.74. The first-order valence-electron chi connectivity index (χ1n) is 6.94. The van der Waals surface area contributed by atoms with Crippen LogP contribution in [0.4, 0.5) is 0 Å². The summed E-state index contributed by atoms with van der Waals surface area (Å²) < 4.78 is 11.3. The number of hydrogen-bond acceptors (Lipinski definition) is 3. The van der Waals surface area contributed by atoms with E-state index < -0.39 is 0 Å². The highest BCUT2D eigenvalue weighted by Gasteiger charge is 2.37. The molecule has 0 unspecified atom stereocenters. The first-order chi connectivity index (χ1) is 7.97. The van der Waals surface area contributed by atoms with Crippen LogP contribution < -0.4 is 5.32 Å². The fourth-order valence-electron chi connectivity index (χ4n) is 2.16. The van der Waals surface area contributed by atoms with Gasteiger partial charge in [-0.2, -0.15) is 0 Å². The van der Waals surface area contributed by atoms with Crippen molar-refractivity contribution in [3.05, 3.63) is 0 Å². The Morgan fingerprint density at radius 3 is 2.35 bits per heavy atom. The lowest BCUT2D eigenvalue weighted by Gasteiger charge is -2.42. The van der Waals surface area contributed by atoms with E-state index in [9.17, 15) is 0 Å². The van der Waals surface area contributed by atoms with Crippen LogP contribution in [0, 0.1) is 0 Å². The molecule has 0 saturated heterocycles. The zero-order valence-electron chi connectivity index (χ0n) is 12.0.